The molecule has 3 heteroatoms. The summed E-state index contributed by atoms with van der Waals surface area (Å²) in [5.41, 5.74) is 3.73. The van der Waals surface area contributed by atoms with E-state index in [1.165, 1.54) is 0 Å². The van der Waals surface area contributed by atoms with Crippen LogP contribution in [0.4, 0.5) is 5.69 Å². The number of anilines is 1. The maximum Gasteiger partial charge on any atom is 0.293 e. The smallest absolute Gasteiger partial charge is 0.280 e. The predicted octanol–water partition coefficient (Wildman–Crippen LogP) is 1.46. The number of hydrazine groups is 1. The molecule has 14 heavy (non-hydrogen) atoms. The minimum Gasteiger partial charge on any atom is -0.280 e. The molecule has 72 valence electrons. The number of hydrogen-bond donors (Lipinski definition) is 1. The number of carbonyl (C=O) groups excluding carboxylic acids is 1. The molecule has 0 fully saturated rings. The van der Waals surface area contributed by atoms with Crippen LogP contribution in [0.3, 0.4) is 0 Å². The molecule has 0 aliphatic carbocycles. The van der Waals surface area contributed by atoms with Crippen LogP contribution in [0.25, 0.3) is 0 Å². The van der Waals surface area contributed by atoms with Gasteiger partial charge in [0.2, 0.25) is 6.21 Å². The van der Waals surface area contributed by atoms with Gasteiger partial charge >= 0.3 is 0 Å². The third-order valence-corrected chi connectivity index (χ3v) is 2.47. The summed E-state index contributed by atoms with van der Waals surface area (Å²) in [4.78, 5) is 11.2. The van der Waals surface area contributed by atoms with Gasteiger partial charge in [-0.05, 0) is 12.1 Å². The molecule has 0 spiro atoms. The van der Waals surface area contributed by atoms with E-state index in [0.717, 1.165) is 5.69 Å². The quantitative estimate of drug-likeness (QED) is 0.714. The average Bonchev–Trinajstić information content (AvgIpc) is 2.19. The second-order valence-electron chi connectivity index (χ2n) is 3.90. The second-order valence-corrected chi connectivity index (χ2v) is 3.90. The van der Waals surface area contributed by atoms with Crippen LogP contribution in [0, 0.1) is 0 Å². The number of hydrazone groups is 1. The van der Waals surface area contributed by atoms with E-state index in [2.05, 4.69) is 5.43 Å². The van der Waals surface area contributed by atoms with Gasteiger partial charge in [0.05, 0.1) is 5.69 Å². The first-order valence-electron chi connectivity index (χ1n) is 4.61. The van der Waals surface area contributed by atoms with Crippen molar-refractivity contribution in [1.82, 2.24) is 0 Å². The van der Waals surface area contributed by atoms with Crippen LogP contribution < -0.4 is 5.43 Å². The Morgan fingerprint density at radius 2 is 1.86 bits per heavy atom. The monoisotopic (exact) mass is 189 g/mol. The first kappa shape index (κ1) is 8.94. The Kier molecular flexibility index (Phi) is 1.88. The number of para-hydroxylation sites is 1. The summed E-state index contributed by atoms with van der Waals surface area (Å²) in [7, 11) is 0. The van der Waals surface area contributed by atoms with Crippen molar-refractivity contribution in [3.05, 3.63) is 30.3 Å². The predicted molar refractivity (Wildman–Crippen MR) is 55.5 cm³/mol. The molecule has 3 nitrogen and oxygen atoms in total. The van der Waals surface area contributed by atoms with Crippen LogP contribution in [0.15, 0.2) is 30.3 Å². The molecule has 0 aromatic heterocycles. The van der Waals surface area contributed by atoms with Crippen molar-refractivity contribution in [3.8, 4) is 0 Å². The van der Waals surface area contributed by atoms with Gasteiger partial charge < -0.3 is 0 Å². The zero-order valence-corrected chi connectivity index (χ0v) is 8.32. The van der Waals surface area contributed by atoms with E-state index in [0.29, 0.717) is 0 Å². The van der Waals surface area contributed by atoms with Crippen molar-refractivity contribution < 1.29 is 9.48 Å². The Hall–Kier alpha value is -1.64. The van der Waals surface area contributed by atoms with E-state index in [9.17, 15) is 4.79 Å². The van der Waals surface area contributed by atoms with Crippen LogP contribution in [-0.2, 0) is 4.79 Å². The number of carbonyl (C=O) groups is 1. The Bertz CT molecular complexity index is 393. The number of ketones is 1. The van der Waals surface area contributed by atoms with Crippen molar-refractivity contribution in [2.75, 3.05) is 5.43 Å². The molecule has 1 aliphatic heterocycles. The number of Topliss-reactive ketones (excluding diaryl/α,β-unsaturated/α-hetero) is 1. The Labute approximate surface area is 83.0 Å². The fourth-order valence-electron chi connectivity index (χ4n) is 1.31. The van der Waals surface area contributed by atoms with Gasteiger partial charge in [0.15, 0.2) is 0 Å². The molecule has 0 saturated heterocycles. The first-order chi connectivity index (χ1) is 6.60. The van der Waals surface area contributed by atoms with Gasteiger partial charge in [0, 0.05) is 13.8 Å². The molecule has 0 amide bonds. The fourth-order valence-corrected chi connectivity index (χ4v) is 1.31. The lowest BCUT2D eigenvalue weighted by molar-refractivity contribution is -0.568. The zero-order valence-electron chi connectivity index (χ0n) is 8.32. The van der Waals surface area contributed by atoms with E-state index in [1.54, 1.807) is 6.21 Å². The third kappa shape index (κ3) is 1.31. The Morgan fingerprint density at radius 3 is 2.36 bits per heavy atom. The average molecular weight is 189 g/mol. The first-order valence-corrected chi connectivity index (χ1v) is 4.61. The van der Waals surface area contributed by atoms with Gasteiger partial charge in [-0.25, -0.2) is 0 Å². The van der Waals surface area contributed by atoms with Crippen LogP contribution in [-0.4, -0.2) is 22.2 Å². The second kappa shape index (κ2) is 2.94. The van der Waals surface area contributed by atoms with Gasteiger partial charge in [-0.15, -0.1) is 4.68 Å². The van der Waals surface area contributed by atoms with Crippen molar-refractivity contribution in [2.24, 2.45) is 0 Å². The Balaban J connectivity index is 2.15. The van der Waals surface area contributed by atoms with E-state index in [-0.39, 0.29) is 5.78 Å². The molecule has 0 unspecified atom stereocenters. The highest BCUT2D eigenvalue weighted by Gasteiger charge is 2.49. The van der Waals surface area contributed by atoms with Crippen LogP contribution in [0.1, 0.15) is 13.8 Å². The summed E-state index contributed by atoms with van der Waals surface area (Å²) in [5, 5.41) is 0. The summed E-state index contributed by atoms with van der Waals surface area (Å²) >= 11 is 0. The Morgan fingerprint density at radius 1 is 1.21 bits per heavy atom. The lowest BCUT2D eigenvalue weighted by Crippen LogP contribution is -2.58. The number of rotatable bonds is 2. The van der Waals surface area contributed by atoms with Crippen molar-refractivity contribution in [2.45, 2.75) is 19.4 Å². The number of nitrogens with zero attached hydrogens (tertiary/aromatic N) is 1. The molecule has 1 aromatic rings. The summed E-state index contributed by atoms with van der Waals surface area (Å²) < 4.78 is 1.82. The summed E-state index contributed by atoms with van der Waals surface area (Å²) in [6.07, 6.45) is 1.58. The van der Waals surface area contributed by atoms with Gasteiger partial charge in [-0.3, -0.25) is 4.79 Å². The molecule has 1 N–H and O–H groups in total. The summed E-state index contributed by atoms with van der Waals surface area (Å²) in [5.74, 6) is 0.154. The summed E-state index contributed by atoms with van der Waals surface area (Å²) in [6, 6.07) is 9.80. The molecular formula is C11H13N2O+. The molecule has 2 rings (SSSR count). The zero-order chi connectivity index (χ0) is 10.2. The molecule has 1 aliphatic rings. The molecule has 0 saturated carbocycles. The van der Waals surface area contributed by atoms with Gasteiger partial charge in [0.1, 0.15) is 0 Å². The SMILES string of the molecule is CC1(C)C(=O)C=[N+]1Nc1ccccc1. The van der Waals surface area contributed by atoms with Gasteiger partial charge in [-0.2, -0.15) is 5.43 Å². The molecular weight excluding hydrogens is 176 g/mol. The number of nitrogens with one attached hydrogen (secondary N) is 1. The molecule has 1 heterocycles. The van der Waals surface area contributed by atoms with E-state index in [4.69, 9.17) is 0 Å². The lowest BCUT2D eigenvalue weighted by Gasteiger charge is -2.25. The minimum atomic E-state index is -0.421. The van der Waals surface area contributed by atoms with Gasteiger partial charge in [0.25, 0.3) is 11.3 Å². The third-order valence-electron chi connectivity index (χ3n) is 2.47. The van der Waals surface area contributed by atoms with E-state index < -0.39 is 5.54 Å². The van der Waals surface area contributed by atoms with Gasteiger partial charge in [-0.1, -0.05) is 18.2 Å². The maximum atomic E-state index is 11.2. The van der Waals surface area contributed by atoms with Crippen LogP contribution in [0.5, 0.6) is 0 Å². The van der Waals surface area contributed by atoms with E-state index >= 15 is 0 Å². The summed E-state index contributed by atoms with van der Waals surface area (Å²) in [6.45, 7) is 3.79. The highest BCUT2D eigenvalue weighted by molar-refractivity contribution is 6.32. The fraction of sp³-hybridized carbons (Fsp3) is 0.273. The van der Waals surface area contributed by atoms with E-state index in [1.807, 2.05) is 48.9 Å². The standard InChI is InChI=1S/C11H12N2O/c1-11(2)10(14)8-13(11)12-9-6-4-3-5-7-9/h3-8H,1-2H3/p+1. The molecule has 0 atom stereocenters. The molecule has 1 aromatic carbocycles. The van der Waals surface area contributed by atoms with Crippen LogP contribution >= 0.6 is 0 Å². The maximum absolute atomic E-state index is 11.2. The molecule has 0 bridgehead atoms. The lowest BCUT2D eigenvalue weighted by atomic mass is 9.94. The highest BCUT2D eigenvalue weighted by atomic mass is 16.1. The topological polar surface area (TPSA) is 32.1 Å². The molecule has 0 radical (unpaired) electrons. The number of hydrogen-bond acceptors (Lipinski definition) is 2. The van der Waals surface area contributed by atoms with Crippen molar-refractivity contribution in [3.63, 3.8) is 0 Å². The normalized spacial score (nSPS) is 18.4. The van der Waals surface area contributed by atoms with Crippen LogP contribution in [0.2, 0.25) is 0 Å². The highest BCUT2D eigenvalue weighted by Crippen LogP contribution is 2.18. The minimum absolute atomic E-state index is 0.154. The van der Waals surface area contributed by atoms with Crippen molar-refractivity contribution in [1.29, 1.82) is 0 Å². The van der Waals surface area contributed by atoms with Crippen molar-refractivity contribution >= 4 is 17.7 Å². The largest absolute Gasteiger partial charge is 0.293 e. The number of benzene rings is 1.